The molecule has 1 aromatic carbocycles. The van der Waals surface area contributed by atoms with Crippen LogP contribution in [-0.4, -0.2) is 54.7 Å². The molecule has 0 aliphatic carbocycles. The van der Waals surface area contributed by atoms with Crippen molar-refractivity contribution in [2.24, 2.45) is 5.92 Å². The number of nitrogens with zero attached hydrogens (tertiary/aromatic N) is 1. The molecular weight excluding hydrogens is 334 g/mol. The van der Waals surface area contributed by atoms with Gasteiger partial charge in [0.1, 0.15) is 5.75 Å². The highest BCUT2D eigenvalue weighted by Crippen LogP contribution is 2.25. The van der Waals surface area contributed by atoms with Crippen LogP contribution in [0.2, 0.25) is 0 Å². The van der Waals surface area contributed by atoms with Gasteiger partial charge in [-0.15, -0.1) is 0 Å². The van der Waals surface area contributed by atoms with Crippen LogP contribution in [0.1, 0.15) is 29.6 Å². The fraction of sp³-hybridized carbons (Fsp3) is 0.529. The quantitative estimate of drug-likeness (QED) is 0.728. The number of aliphatic hydroxyl groups is 1. The van der Waals surface area contributed by atoms with E-state index in [-0.39, 0.29) is 36.3 Å². The molecule has 0 saturated carbocycles. The third-order valence-electron chi connectivity index (χ3n) is 4.05. The zero-order valence-corrected chi connectivity index (χ0v) is 13.8. The van der Waals surface area contributed by atoms with Crippen molar-refractivity contribution in [3.05, 3.63) is 29.8 Å². The number of para-hydroxylation sites is 1. The molecular formula is C17H22F2N2O4. The molecule has 0 bridgehead atoms. The van der Waals surface area contributed by atoms with Gasteiger partial charge in [-0.3, -0.25) is 9.59 Å². The molecule has 1 unspecified atom stereocenters. The van der Waals surface area contributed by atoms with Crippen LogP contribution in [0.15, 0.2) is 24.3 Å². The normalized spacial score (nSPS) is 17.4. The van der Waals surface area contributed by atoms with Gasteiger partial charge in [0.2, 0.25) is 5.91 Å². The van der Waals surface area contributed by atoms with E-state index in [0.29, 0.717) is 32.4 Å². The highest BCUT2D eigenvalue weighted by Gasteiger charge is 2.30. The van der Waals surface area contributed by atoms with Crippen LogP contribution in [0.25, 0.3) is 0 Å². The maximum absolute atomic E-state index is 12.7. The molecule has 6 nitrogen and oxygen atoms in total. The lowest BCUT2D eigenvalue weighted by atomic mass is 9.96. The summed E-state index contributed by atoms with van der Waals surface area (Å²) < 4.78 is 29.4. The highest BCUT2D eigenvalue weighted by atomic mass is 19.3. The smallest absolute Gasteiger partial charge is 0.387 e. The number of piperidine rings is 1. The number of carbonyl (C=O) groups excluding carboxylic acids is 2. The van der Waals surface area contributed by atoms with Gasteiger partial charge in [0.25, 0.3) is 5.91 Å². The average Bonchev–Trinajstić information content (AvgIpc) is 2.61. The van der Waals surface area contributed by atoms with Gasteiger partial charge in [-0.25, -0.2) is 0 Å². The van der Waals surface area contributed by atoms with Crippen LogP contribution < -0.4 is 10.1 Å². The summed E-state index contributed by atoms with van der Waals surface area (Å²) in [5, 5.41) is 11.5. The molecule has 8 heteroatoms. The Balaban J connectivity index is 2.03. The average molecular weight is 356 g/mol. The third kappa shape index (κ3) is 5.38. The number of rotatable bonds is 7. The van der Waals surface area contributed by atoms with Crippen molar-refractivity contribution >= 4 is 11.8 Å². The van der Waals surface area contributed by atoms with E-state index in [1.54, 1.807) is 6.07 Å². The van der Waals surface area contributed by atoms with Crippen molar-refractivity contribution < 1.29 is 28.2 Å². The molecule has 1 heterocycles. The van der Waals surface area contributed by atoms with E-state index in [9.17, 15) is 18.4 Å². The number of ether oxygens (including phenoxy) is 1. The highest BCUT2D eigenvalue weighted by molar-refractivity contribution is 5.97. The Labute approximate surface area is 144 Å². The fourth-order valence-corrected chi connectivity index (χ4v) is 2.82. The minimum atomic E-state index is -3.01. The van der Waals surface area contributed by atoms with Gasteiger partial charge < -0.3 is 20.1 Å². The van der Waals surface area contributed by atoms with Gasteiger partial charge in [0.15, 0.2) is 0 Å². The molecule has 2 amide bonds. The Morgan fingerprint density at radius 2 is 2.12 bits per heavy atom. The molecule has 1 fully saturated rings. The van der Waals surface area contributed by atoms with Crippen LogP contribution in [0, 0.1) is 5.92 Å². The maximum atomic E-state index is 12.7. The summed E-state index contributed by atoms with van der Waals surface area (Å²) in [6, 6.07) is 5.85. The number of halogens is 2. The fourth-order valence-electron chi connectivity index (χ4n) is 2.82. The number of carbonyl (C=O) groups is 2. The molecule has 1 atom stereocenters. The lowest BCUT2D eigenvalue weighted by molar-refractivity contribution is -0.126. The first-order valence-electron chi connectivity index (χ1n) is 8.24. The SMILES string of the molecule is O=C(NCCCO)C1CCCN(C(=O)c2ccccc2OC(F)F)C1. The monoisotopic (exact) mass is 356 g/mol. The van der Waals surface area contributed by atoms with E-state index in [1.165, 1.54) is 23.1 Å². The predicted molar refractivity (Wildman–Crippen MR) is 86.4 cm³/mol. The van der Waals surface area contributed by atoms with Crippen molar-refractivity contribution in [3.8, 4) is 5.75 Å². The Morgan fingerprint density at radius 3 is 2.84 bits per heavy atom. The van der Waals surface area contributed by atoms with Crippen molar-refractivity contribution in [1.82, 2.24) is 10.2 Å². The van der Waals surface area contributed by atoms with Crippen LogP contribution in [0.3, 0.4) is 0 Å². The number of amides is 2. The lowest BCUT2D eigenvalue weighted by Gasteiger charge is -2.32. The van der Waals surface area contributed by atoms with Crippen molar-refractivity contribution in [2.45, 2.75) is 25.9 Å². The Kier molecular flexibility index (Phi) is 7.12. The number of hydrogen-bond acceptors (Lipinski definition) is 4. The van der Waals surface area contributed by atoms with Crippen molar-refractivity contribution in [3.63, 3.8) is 0 Å². The molecule has 2 rings (SSSR count). The number of benzene rings is 1. The van der Waals surface area contributed by atoms with Crippen LogP contribution in [0.5, 0.6) is 5.75 Å². The molecule has 25 heavy (non-hydrogen) atoms. The molecule has 1 saturated heterocycles. The summed E-state index contributed by atoms with van der Waals surface area (Å²) in [5.74, 6) is -1.11. The zero-order valence-electron chi connectivity index (χ0n) is 13.8. The van der Waals surface area contributed by atoms with Crippen molar-refractivity contribution in [2.75, 3.05) is 26.2 Å². The first-order chi connectivity index (χ1) is 12.0. The molecule has 0 spiro atoms. The van der Waals surface area contributed by atoms with Crippen LogP contribution >= 0.6 is 0 Å². The van der Waals surface area contributed by atoms with E-state index in [0.717, 1.165) is 0 Å². The number of nitrogens with one attached hydrogen (secondary N) is 1. The second-order valence-electron chi connectivity index (χ2n) is 5.83. The van der Waals surface area contributed by atoms with E-state index in [4.69, 9.17) is 5.11 Å². The van der Waals surface area contributed by atoms with Gasteiger partial charge in [0, 0.05) is 26.2 Å². The zero-order chi connectivity index (χ0) is 18.2. The molecule has 0 aromatic heterocycles. The van der Waals surface area contributed by atoms with E-state index >= 15 is 0 Å². The van der Waals surface area contributed by atoms with Crippen LogP contribution in [0.4, 0.5) is 8.78 Å². The van der Waals surface area contributed by atoms with Gasteiger partial charge >= 0.3 is 6.61 Å². The van der Waals surface area contributed by atoms with E-state index < -0.39 is 12.5 Å². The summed E-state index contributed by atoms with van der Waals surface area (Å²) >= 11 is 0. The number of hydrogen-bond donors (Lipinski definition) is 2. The second kappa shape index (κ2) is 9.31. The van der Waals surface area contributed by atoms with Gasteiger partial charge in [-0.1, -0.05) is 12.1 Å². The summed E-state index contributed by atoms with van der Waals surface area (Å²) in [7, 11) is 0. The number of likely N-dealkylation sites (tertiary alicyclic amines) is 1. The number of alkyl halides is 2. The van der Waals surface area contributed by atoms with Gasteiger partial charge in [-0.05, 0) is 31.4 Å². The molecule has 2 N–H and O–H groups in total. The molecule has 1 aliphatic heterocycles. The Hall–Kier alpha value is -2.22. The largest absolute Gasteiger partial charge is 0.434 e. The van der Waals surface area contributed by atoms with Gasteiger partial charge in [0.05, 0.1) is 11.5 Å². The first-order valence-corrected chi connectivity index (χ1v) is 8.24. The molecule has 0 radical (unpaired) electrons. The summed E-state index contributed by atoms with van der Waals surface area (Å²) in [5.41, 5.74) is 0.0594. The minimum Gasteiger partial charge on any atom is -0.434 e. The minimum absolute atomic E-state index is 0.00349. The van der Waals surface area contributed by atoms with Crippen LogP contribution in [-0.2, 0) is 4.79 Å². The third-order valence-corrected chi connectivity index (χ3v) is 4.05. The molecule has 1 aromatic rings. The van der Waals surface area contributed by atoms with Gasteiger partial charge in [-0.2, -0.15) is 8.78 Å². The second-order valence-corrected chi connectivity index (χ2v) is 5.83. The summed E-state index contributed by atoms with van der Waals surface area (Å²) in [6.45, 7) is -1.95. The summed E-state index contributed by atoms with van der Waals surface area (Å²) in [6.07, 6.45) is 1.78. The van der Waals surface area contributed by atoms with E-state index in [2.05, 4.69) is 10.1 Å². The standard InChI is InChI=1S/C17H22F2N2O4/c18-17(19)25-14-7-2-1-6-13(14)16(24)21-9-3-5-12(11-21)15(23)20-8-4-10-22/h1-2,6-7,12,17,22H,3-5,8-11H2,(H,20,23). The molecule has 1 aliphatic rings. The lowest BCUT2D eigenvalue weighted by Crippen LogP contribution is -2.45. The molecule has 138 valence electrons. The Morgan fingerprint density at radius 1 is 1.36 bits per heavy atom. The van der Waals surface area contributed by atoms with E-state index in [1.807, 2.05) is 0 Å². The first kappa shape index (κ1) is 19.1. The van der Waals surface area contributed by atoms with Crippen molar-refractivity contribution in [1.29, 1.82) is 0 Å². The predicted octanol–water partition coefficient (Wildman–Crippen LogP) is 1.64. The maximum Gasteiger partial charge on any atom is 0.387 e. The summed E-state index contributed by atoms with van der Waals surface area (Å²) in [4.78, 5) is 26.3. The Bertz CT molecular complexity index is 598. The topological polar surface area (TPSA) is 78.9 Å². The number of aliphatic hydroxyl groups excluding tert-OH is 1.